The number of nitrogens with zero attached hydrogens (tertiary/aromatic N) is 5. The maximum absolute atomic E-state index is 14.7. The molecule has 0 radical (unpaired) electrons. The molecule has 2 aliphatic rings. The first-order valence-electron chi connectivity index (χ1n) is 13.7. The van der Waals surface area contributed by atoms with Crippen LogP contribution in [0.4, 0.5) is 14.6 Å². The first kappa shape index (κ1) is 25.7. The lowest BCUT2D eigenvalue weighted by molar-refractivity contribution is 0.0224. The van der Waals surface area contributed by atoms with Crippen molar-refractivity contribution in [2.24, 2.45) is 0 Å². The molecule has 1 N–H and O–H groups in total. The third-order valence-corrected chi connectivity index (χ3v) is 7.36. The summed E-state index contributed by atoms with van der Waals surface area (Å²) in [5.41, 5.74) is 3.10. The third kappa shape index (κ3) is 5.04. The van der Waals surface area contributed by atoms with E-state index in [-0.39, 0.29) is 6.04 Å². The molecule has 10 nitrogen and oxygen atoms in total. The average molecular weight is 563 g/mol. The Hall–Kier alpha value is -4.29. The Morgan fingerprint density at radius 1 is 0.878 bits per heavy atom. The van der Waals surface area contributed by atoms with Crippen molar-refractivity contribution in [2.75, 3.05) is 51.1 Å². The second kappa shape index (κ2) is 10.9. The van der Waals surface area contributed by atoms with E-state index in [1.807, 2.05) is 29.3 Å². The van der Waals surface area contributed by atoms with Gasteiger partial charge in [0, 0.05) is 30.4 Å². The van der Waals surface area contributed by atoms with E-state index in [0.717, 1.165) is 18.0 Å². The molecule has 0 spiro atoms. The van der Waals surface area contributed by atoms with Crippen LogP contribution in [0.3, 0.4) is 0 Å². The van der Waals surface area contributed by atoms with Crippen LogP contribution in [0.1, 0.15) is 24.4 Å². The normalized spacial score (nSPS) is 18.5. The zero-order chi connectivity index (χ0) is 27.8. The molecule has 7 rings (SSSR count). The minimum Gasteiger partial charge on any atom is -0.487 e. The molecule has 1 fully saturated rings. The number of H-pyrrole nitrogens is 1. The summed E-state index contributed by atoms with van der Waals surface area (Å²) in [6, 6.07) is 8.83. The van der Waals surface area contributed by atoms with Crippen molar-refractivity contribution in [1.29, 1.82) is 0 Å². The van der Waals surface area contributed by atoms with Crippen molar-refractivity contribution in [3.05, 3.63) is 66.0 Å². The monoisotopic (exact) mass is 562 g/mol. The van der Waals surface area contributed by atoms with Crippen LogP contribution in [0.15, 0.2) is 48.8 Å². The molecule has 3 aromatic heterocycles. The van der Waals surface area contributed by atoms with Crippen LogP contribution in [0, 0.1) is 11.6 Å². The van der Waals surface area contributed by atoms with E-state index in [1.165, 1.54) is 12.1 Å². The summed E-state index contributed by atoms with van der Waals surface area (Å²) in [6.45, 7) is 3.32. The van der Waals surface area contributed by atoms with E-state index in [9.17, 15) is 8.78 Å². The average Bonchev–Trinajstić information content (AvgIpc) is 3.71. The number of anilines is 1. The summed E-state index contributed by atoms with van der Waals surface area (Å²) < 4.78 is 53.3. The van der Waals surface area contributed by atoms with Gasteiger partial charge in [0.1, 0.15) is 36.5 Å². The van der Waals surface area contributed by atoms with E-state index in [4.69, 9.17) is 28.9 Å². The van der Waals surface area contributed by atoms with Gasteiger partial charge in [-0.05, 0) is 37.1 Å². The molecule has 0 amide bonds. The van der Waals surface area contributed by atoms with Crippen molar-refractivity contribution in [1.82, 2.24) is 24.6 Å². The second-order valence-corrected chi connectivity index (χ2v) is 9.95. The number of benzene rings is 2. The molecular weight excluding hydrogens is 534 g/mol. The number of imidazole rings is 1. The molecule has 0 unspecified atom stereocenters. The topological polar surface area (TPSA) is 99.0 Å². The van der Waals surface area contributed by atoms with Crippen LogP contribution >= 0.6 is 0 Å². The number of hydrogen-bond donors (Lipinski definition) is 1. The molecule has 2 aromatic carbocycles. The first-order valence-corrected chi connectivity index (χ1v) is 13.7. The fourth-order valence-corrected chi connectivity index (χ4v) is 5.43. The molecular formula is C29H28F2N6O4. The maximum Gasteiger partial charge on any atom is 0.168 e. The van der Waals surface area contributed by atoms with Crippen molar-refractivity contribution < 1.29 is 27.7 Å². The molecule has 12 heteroatoms. The van der Waals surface area contributed by atoms with Crippen LogP contribution in [-0.4, -0.2) is 70.8 Å². The SMILES string of the molecule is Fc1ccc(F)c([C@H]2CCCN2c2ccn3ncc(-c4nc5cc6c(cc5[nH]4)OCCOCCOCCO6)c3n2)c1. The van der Waals surface area contributed by atoms with Gasteiger partial charge in [-0.1, -0.05) is 0 Å². The van der Waals surface area contributed by atoms with Crippen molar-refractivity contribution in [3.63, 3.8) is 0 Å². The smallest absolute Gasteiger partial charge is 0.168 e. The van der Waals surface area contributed by atoms with Gasteiger partial charge in [-0.2, -0.15) is 5.10 Å². The maximum atomic E-state index is 14.7. The van der Waals surface area contributed by atoms with Crippen LogP contribution in [0.25, 0.3) is 28.1 Å². The number of ether oxygens (including phenoxy) is 4. The van der Waals surface area contributed by atoms with E-state index in [0.29, 0.717) is 98.0 Å². The fourth-order valence-electron chi connectivity index (χ4n) is 5.43. The minimum atomic E-state index is -0.456. The molecule has 0 aliphatic carbocycles. The summed E-state index contributed by atoms with van der Waals surface area (Å²) in [4.78, 5) is 15.1. The number of rotatable bonds is 3. The van der Waals surface area contributed by atoms with E-state index >= 15 is 0 Å². The van der Waals surface area contributed by atoms with E-state index in [1.54, 1.807) is 10.7 Å². The summed E-state index contributed by atoms with van der Waals surface area (Å²) >= 11 is 0. The Labute approximate surface area is 233 Å². The van der Waals surface area contributed by atoms with Crippen LogP contribution < -0.4 is 14.4 Å². The molecule has 212 valence electrons. The van der Waals surface area contributed by atoms with Crippen molar-refractivity contribution in [3.8, 4) is 22.9 Å². The third-order valence-electron chi connectivity index (χ3n) is 7.36. The predicted octanol–water partition coefficient (Wildman–Crippen LogP) is 4.70. The minimum absolute atomic E-state index is 0.310. The van der Waals surface area contributed by atoms with Crippen LogP contribution in [0.2, 0.25) is 0 Å². The number of aromatic nitrogens is 5. The molecule has 41 heavy (non-hydrogen) atoms. The Kier molecular flexibility index (Phi) is 6.85. The van der Waals surface area contributed by atoms with Crippen molar-refractivity contribution in [2.45, 2.75) is 18.9 Å². The lowest BCUT2D eigenvalue weighted by Gasteiger charge is -2.26. The molecule has 0 saturated carbocycles. The van der Waals surface area contributed by atoms with Gasteiger partial charge in [-0.15, -0.1) is 0 Å². The summed E-state index contributed by atoms with van der Waals surface area (Å²) in [7, 11) is 0. The van der Waals surface area contributed by atoms with Gasteiger partial charge in [0.25, 0.3) is 0 Å². The van der Waals surface area contributed by atoms with Gasteiger partial charge in [-0.3, -0.25) is 0 Å². The highest BCUT2D eigenvalue weighted by Crippen LogP contribution is 2.38. The predicted molar refractivity (Wildman–Crippen MR) is 146 cm³/mol. The quantitative estimate of drug-likeness (QED) is 0.338. The Morgan fingerprint density at radius 2 is 1.66 bits per heavy atom. The molecule has 0 bridgehead atoms. The molecule has 1 saturated heterocycles. The van der Waals surface area contributed by atoms with Gasteiger partial charge in [0.2, 0.25) is 0 Å². The van der Waals surface area contributed by atoms with E-state index < -0.39 is 11.6 Å². The highest BCUT2D eigenvalue weighted by Gasteiger charge is 2.30. The van der Waals surface area contributed by atoms with Gasteiger partial charge >= 0.3 is 0 Å². The zero-order valence-electron chi connectivity index (χ0n) is 22.2. The number of nitrogens with one attached hydrogen (secondary N) is 1. The summed E-state index contributed by atoms with van der Waals surface area (Å²) in [5, 5.41) is 4.47. The summed E-state index contributed by atoms with van der Waals surface area (Å²) in [6.07, 6.45) is 5.07. The Balaban J connectivity index is 1.23. The molecule has 5 heterocycles. The Morgan fingerprint density at radius 3 is 2.49 bits per heavy atom. The highest BCUT2D eigenvalue weighted by molar-refractivity contribution is 5.85. The first-order chi connectivity index (χ1) is 20.1. The van der Waals surface area contributed by atoms with Crippen LogP contribution in [-0.2, 0) is 9.47 Å². The number of halogens is 2. The number of fused-ring (bicyclic) bond motifs is 3. The fraction of sp³-hybridized carbons (Fsp3) is 0.345. The standard InChI is InChI=1S/C29H28F2N6O4/c30-18-3-4-21(31)19(14-18)24-2-1-6-36(24)27-5-7-37-29(35-27)20(17-32-37)28-33-22-15-25-26(16-23(22)34-28)41-13-11-39-9-8-38-10-12-40-25/h3-5,7,14-17,24H,1-2,6,8-13H2,(H,33,34)/t24-/m1/s1. The van der Waals surface area contributed by atoms with Crippen molar-refractivity contribution >= 4 is 22.5 Å². The molecule has 1 atom stereocenters. The number of hydrogen-bond acceptors (Lipinski definition) is 8. The lowest BCUT2D eigenvalue weighted by Crippen LogP contribution is -2.24. The Bertz CT molecular complexity index is 1660. The lowest BCUT2D eigenvalue weighted by atomic mass is 10.0. The van der Waals surface area contributed by atoms with E-state index in [2.05, 4.69) is 10.1 Å². The van der Waals surface area contributed by atoms with Crippen LogP contribution in [0.5, 0.6) is 11.5 Å². The highest BCUT2D eigenvalue weighted by atomic mass is 19.1. The largest absolute Gasteiger partial charge is 0.487 e. The van der Waals surface area contributed by atoms with Gasteiger partial charge in [0.15, 0.2) is 17.1 Å². The molecule has 5 aromatic rings. The second-order valence-electron chi connectivity index (χ2n) is 9.95. The van der Waals surface area contributed by atoms with Gasteiger partial charge < -0.3 is 28.8 Å². The molecule has 2 aliphatic heterocycles. The zero-order valence-corrected chi connectivity index (χ0v) is 22.2. The number of aromatic amines is 1. The summed E-state index contributed by atoms with van der Waals surface area (Å²) in [5.74, 6) is 1.53. The van der Waals surface area contributed by atoms with Gasteiger partial charge in [-0.25, -0.2) is 23.3 Å². The van der Waals surface area contributed by atoms with Gasteiger partial charge in [0.05, 0.1) is 55.3 Å².